The summed E-state index contributed by atoms with van der Waals surface area (Å²) in [5.41, 5.74) is 6.79. The third-order valence-corrected chi connectivity index (χ3v) is 6.29. The van der Waals surface area contributed by atoms with Crippen molar-refractivity contribution in [3.63, 3.8) is 0 Å². The molecule has 0 unspecified atom stereocenters. The lowest BCUT2D eigenvalue weighted by molar-refractivity contribution is -0.125. The Morgan fingerprint density at radius 1 is 0.727 bits per heavy atom. The van der Waals surface area contributed by atoms with E-state index in [1.807, 2.05) is 25.7 Å². The minimum absolute atomic E-state index is 0.137. The molecule has 3 nitrogen and oxygen atoms in total. The SMILES string of the molecule is CC(C)c1cccc(C(C)C)c1NCN(C(=O)C(C)(C)C)c1c(C(C)C)cccc1C(C)C. The quantitative estimate of drug-likeness (QED) is 0.408. The Bertz CT molecular complexity index is 896. The monoisotopic (exact) mass is 450 g/mol. The topological polar surface area (TPSA) is 32.3 Å². The van der Waals surface area contributed by atoms with Crippen molar-refractivity contribution in [2.24, 2.45) is 5.41 Å². The van der Waals surface area contributed by atoms with Crippen molar-refractivity contribution >= 4 is 17.3 Å². The lowest BCUT2D eigenvalue weighted by Gasteiger charge is -2.35. The number of hydrogen-bond acceptors (Lipinski definition) is 2. The molecular formula is C30H46N2O. The van der Waals surface area contributed by atoms with Gasteiger partial charge in [-0.2, -0.15) is 0 Å². The summed E-state index contributed by atoms with van der Waals surface area (Å²) in [6, 6.07) is 13.0. The van der Waals surface area contributed by atoms with Gasteiger partial charge in [-0.15, -0.1) is 0 Å². The van der Waals surface area contributed by atoms with Crippen LogP contribution in [0.25, 0.3) is 0 Å². The lowest BCUT2D eigenvalue weighted by Crippen LogP contribution is -2.43. The first kappa shape index (κ1) is 27.0. The molecule has 0 aromatic heterocycles. The molecule has 0 aliphatic rings. The molecule has 0 bridgehead atoms. The number of para-hydroxylation sites is 2. The van der Waals surface area contributed by atoms with Crippen LogP contribution in [0.15, 0.2) is 36.4 Å². The van der Waals surface area contributed by atoms with Crippen LogP contribution < -0.4 is 10.2 Å². The lowest BCUT2D eigenvalue weighted by atomic mass is 9.89. The second-order valence-corrected chi connectivity index (χ2v) is 11.5. The molecule has 0 aliphatic heterocycles. The molecular weight excluding hydrogens is 404 g/mol. The summed E-state index contributed by atoms with van der Waals surface area (Å²) in [5.74, 6) is 1.57. The summed E-state index contributed by atoms with van der Waals surface area (Å²) in [5, 5.41) is 3.73. The number of anilines is 2. The molecule has 0 saturated carbocycles. The zero-order valence-electron chi connectivity index (χ0n) is 22.8. The molecule has 2 aromatic rings. The maximum atomic E-state index is 13.9. The van der Waals surface area contributed by atoms with Gasteiger partial charge in [0.25, 0.3) is 0 Å². The van der Waals surface area contributed by atoms with Crippen LogP contribution in [0.5, 0.6) is 0 Å². The highest BCUT2D eigenvalue weighted by Gasteiger charge is 2.32. The number of rotatable bonds is 8. The minimum Gasteiger partial charge on any atom is -0.367 e. The third-order valence-electron chi connectivity index (χ3n) is 6.29. The number of amides is 1. The van der Waals surface area contributed by atoms with Gasteiger partial charge in [0.05, 0.1) is 12.4 Å². The van der Waals surface area contributed by atoms with E-state index in [2.05, 4.69) is 97.1 Å². The Morgan fingerprint density at radius 3 is 1.42 bits per heavy atom. The zero-order valence-corrected chi connectivity index (χ0v) is 22.8. The largest absolute Gasteiger partial charge is 0.367 e. The van der Waals surface area contributed by atoms with Crippen LogP contribution in [-0.4, -0.2) is 12.6 Å². The average molecular weight is 451 g/mol. The molecule has 33 heavy (non-hydrogen) atoms. The van der Waals surface area contributed by atoms with Gasteiger partial charge in [0.1, 0.15) is 0 Å². The van der Waals surface area contributed by atoms with E-state index in [1.54, 1.807) is 0 Å². The zero-order chi connectivity index (χ0) is 25.1. The number of nitrogens with zero attached hydrogens (tertiary/aromatic N) is 1. The first-order valence-corrected chi connectivity index (χ1v) is 12.6. The maximum Gasteiger partial charge on any atom is 0.233 e. The minimum atomic E-state index is -0.488. The van der Waals surface area contributed by atoms with Gasteiger partial charge in [-0.05, 0) is 45.9 Å². The van der Waals surface area contributed by atoms with Crippen LogP contribution in [0.1, 0.15) is 122 Å². The van der Waals surface area contributed by atoms with Gasteiger partial charge in [0.15, 0.2) is 0 Å². The van der Waals surface area contributed by atoms with Gasteiger partial charge >= 0.3 is 0 Å². The summed E-state index contributed by atoms with van der Waals surface area (Å²) in [6.45, 7) is 24.2. The molecule has 2 rings (SSSR count). The molecule has 0 fully saturated rings. The van der Waals surface area contributed by atoms with Gasteiger partial charge in [-0.3, -0.25) is 9.69 Å². The van der Waals surface area contributed by atoms with Gasteiger partial charge < -0.3 is 5.32 Å². The van der Waals surface area contributed by atoms with Crippen LogP contribution >= 0.6 is 0 Å². The molecule has 0 atom stereocenters. The van der Waals surface area contributed by atoms with Gasteiger partial charge in [0, 0.05) is 11.1 Å². The van der Waals surface area contributed by atoms with E-state index in [0.717, 1.165) is 5.69 Å². The molecule has 0 saturated heterocycles. The Balaban J connectivity index is 2.67. The van der Waals surface area contributed by atoms with Crippen molar-refractivity contribution in [2.45, 2.75) is 99.8 Å². The Labute approximate surface area is 203 Å². The van der Waals surface area contributed by atoms with Crippen molar-refractivity contribution in [2.75, 3.05) is 16.9 Å². The van der Waals surface area contributed by atoms with E-state index in [-0.39, 0.29) is 5.91 Å². The Hall–Kier alpha value is -2.29. The Kier molecular flexibility index (Phi) is 8.79. The molecule has 2 aromatic carbocycles. The highest BCUT2D eigenvalue weighted by Crippen LogP contribution is 2.38. The molecule has 0 spiro atoms. The number of carbonyl (C=O) groups is 1. The van der Waals surface area contributed by atoms with Crippen LogP contribution in [0.3, 0.4) is 0 Å². The van der Waals surface area contributed by atoms with E-state index in [4.69, 9.17) is 0 Å². The highest BCUT2D eigenvalue weighted by atomic mass is 16.2. The van der Waals surface area contributed by atoms with Gasteiger partial charge in [-0.1, -0.05) is 113 Å². The normalized spacial score (nSPS) is 12.2. The van der Waals surface area contributed by atoms with Crippen molar-refractivity contribution in [1.82, 2.24) is 0 Å². The van der Waals surface area contributed by atoms with Crippen LogP contribution in [0.2, 0.25) is 0 Å². The van der Waals surface area contributed by atoms with E-state index in [1.165, 1.54) is 27.9 Å². The third kappa shape index (κ3) is 6.19. The standard InChI is InChI=1S/C30H46N2O/c1-19(2)23-14-12-15-24(20(3)4)27(23)31-18-32(29(33)30(9,10)11)28-25(21(5)6)16-13-17-26(28)22(7)8/h12-17,19-22,31H,18H2,1-11H3. The van der Waals surface area contributed by atoms with E-state index >= 15 is 0 Å². The molecule has 3 heteroatoms. The summed E-state index contributed by atoms with van der Waals surface area (Å²) >= 11 is 0. The van der Waals surface area contributed by atoms with Gasteiger partial charge in [0.2, 0.25) is 5.91 Å². The number of nitrogens with one attached hydrogen (secondary N) is 1. The summed E-state index contributed by atoms with van der Waals surface area (Å²) < 4.78 is 0. The van der Waals surface area contributed by atoms with Gasteiger partial charge in [-0.25, -0.2) is 0 Å². The number of benzene rings is 2. The van der Waals surface area contributed by atoms with Crippen molar-refractivity contribution in [1.29, 1.82) is 0 Å². The maximum absolute atomic E-state index is 13.9. The smallest absolute Gasteiger partial charge is 0.233 e. The van der Waals surface area contributed by atoms with Crippen LogP contribution in [-0.2, 0) is 4.79 Å². The summed E-state index contributed by atoms with van der Waals surface area (Å²) in [4.78, 5) is 15.9. The molecule has 1 N–H and O–H groups in total. The molecule has 0 aliphatic carbocycles. The first-order chi connectivity index (χ1) is 15.3. The van der Waals surface area contributed by atoms with E-state index in [9.17, 15) is 4.79 Å². The van der Waals surface area contributed by atoms with E-state index < -0.39 is 5.41 Å². The average Bonchev–Trinajstić information content (AvgIpc) is 2.72. The number of hydrogen-bond donors (Lipinski definition) is 1. The fourth-order valence-electron chi connectivity index (χ4n) is 4.39. The summed E-state index contributed by atoms with van der Waals surface area (Å²) in [7, 11) is 0. The molecule has 182 valence electrons. The number of carbonyl (C=O) groups excluding carboxylic acids is 1. The molecule has 0 heterocycles. The first-order valence-electron chi connectivity index (χ1n) is 12.6. The second kappa shape index (κ2) is 10.8. The summed E-state index contributed by atoms with van der Waals surface area (Å²) in [6.07, 6.45) is 0. The molecule has 0 radical (unpaired) electrons. The van der Waals surface area contributed by atoms with Crippen LogP contribution in [0.4, 0.5) is 11.4 Å². The predicted molar refractivity (Wildman–Crippen MR) is 145 cm³/mol. The fraction of sp³-hybridized carbons (Fsp3) is 0.567. The van der Waals surface area contributed by atoms with Crippen molar-refractivity contribution < 1.29 is 4.79 Å². The van der Waals surface area contributed by atoms with E-state index in [0.29, 0.717) is 30.3 Å². The fourth-order valence-corrected chi connectivity index (χ4v) is 4.39. The predicted octanol–water partition coefficient (Wildman–Crippen LogP) is 8.63. The second-order valence-electron chi connectivity index (χ2n) is 11.5. The van der Waals surface area contributed by atoms with Crippen molar-refractivity contribution in [3.05, 3.63) is 58.7 Å². The molecule has 1 amide bonds. The highest BCUT2D eigenvalue weighted by molar-refractivity contribution is 5.98. The van der Waals surface area contributed by atoms with Crippen LogP contribution in [0, 0.1) is 5.41 Å². The Morgan fingerprint density at radius 2 is 1.09 bits per heavy atom. The van der Waals surface area contributed by atoms with Crippen molar-refractivity contribution in [3.8, 4) is 0 Å².